The number of nitrogens with one attached hydrogen (secondary N) is 1. The minimum atomic E-state index is -0.560. The molecular formula is C21H27NO3. The number of hydroxylamine groups is 1. The minimum absolute atomic E-state index is 0.140. The molecule has 0 saturated carbocycles. The lowest BCUT2D eigenvalue weighted by molar-refractivity contribution is -0.124. The molecule has 0 radical (unpaired) electrons. The molecular weight excluding hydrogens is 314 g/mol. The van der Waals surface area contributed by atoms with E-state index in [9.17, 15) is 4.79 Å². The molecule has 1 atom stereocenters. The van der Waals surface area contributed by atoms with Crippen molar-refractivity contribution in [2.45, 2.75) is 40.2 Å². The number of benzene rings is 1. The fraction of sp³-hybridized carbons (Fsp3) is 0.286. The van der Waals surface area contributed by atoms with Gasteiger partial charge in [0, 0.05) is 6.08 Å². The largest absolute Gasteiger partial charge is 0.487 e. The van der Waals surface area contributed by atoms with E-state index in [-0.39, 0.29) is 6.10 Å². The van der Waals surface area contributed by atoms with Crippen LogP contribution >= 0.6 is 0 Å². The Morgan fingerprint density at radius 1 is 1.24 bits per heavy atom. The molecule has 0 saturated heterocycles. The number of carbonyl (C=O) groups is 1. The van der Waals surface area contributed by atoms with E-state index in [1.165, 1.54) is 17.2 Å². The first kappa shape index (κ1) is 20.5. The van der Waals surface area contributed by atoms with Crippen LogP contribution in [0.25, 0.3) is 5.57 Å². The van der Waals surface area contributed by atoms with Crippen molar-refractivity contribution in [1.82, 2.24) is 5.48 Å². The van der Waals surface area contributed by atoms with E-state index < -0.39 is 5.91 Å². The van der Waals surface area contributed by atoms with E-state index >= 15 is 0 Å². The number of carbonyl (C=O) groups excluding carboxylic acids is 1. The summed E-state index contributed by atoms with van der Waals surface area (Å²) < 4.78 is 5.86. The van der Waals surface area contributed by atoms with Gasteiger partial charge in [0.05, 0.1) is 0 Å². The maximum atomic E-state index is 10.9. The summed E-state index contributed by atoms with van der Waals surface area (Å²) >= 11 is 0. The fourth-order valence-electron chi connectivity index (χ4n) is 2.21. The number of amides is 1. The van der Waals surface area contributed by atoms with Gasteiger partial charge < -0.3 is 4.74 Å². The molecule has 0 aromatic heterocycles. The van der Waals surface area contributed by atoms with Gasteiger partial charge in [-0.3, -0.25) is 10.0 Å². The van der Waals surface area contributed by atoms with Crippen LogP contribution in [0.3, 0.4) is 0 Å². The molecule has 0 bridgehead atoms. The lowest BCUT2D eigenvalue weighted by Crippen LogP contribution is -2.15. The molecule has 1 rings (SSSR count). The zero-order valence-corrected chi connectivity index (χ0v) is 15.3. The fourth-order valence-corrected chi connectivity index (χ4v) is 2.21. The number of hydrogen-bond donors (Lipinski definition) is 2. The van der Waals surface area contributed by atoms with Crippen LogP contribution in [0.15, 0.2) is 66.3 Å². The van der Waals surface area contributed by atoms with Crippen LogP contribution in [-0.4, -0.2) is 17.2 Å². The summed E-state index contributed by atoms with van der Waals surface area (Å²) in [7, 11) is 0. The average molecular weight is 341 g/mol. The molecule has 0 aliphatic rings. The average Bonchev–Trinajstić information content (AvgIpc) is 2.60. The molecule has 2 N–H and O–H groups in total. The molecule has 1 aromatic carbocycles. The van der Waals surface area contributed by atoms with Gasteiger partial charge in [-0.15, -0.1) is 0 Å². The highest BCUT2D eigenvalue weighted by Crippen LogP contribution is 2.20. The quantitative estimate of drug-likeness (QED) is 0.234. The smallest absolute Gasteiger partial charge is 0.267 e. The Balaban J connectivity index is 2.66. The molecule has 0 aliphatic heterocycles. The second-order valence-corrected chi connectivity index (χ2v) is 5.76. The first-order valence-corrected chi connectivity index (χ1v) is 8.31. The number of hydrogen-bond acceptors (Lipinski definition) is 3. The summed E-state index contributed by atoms with van der Waals surface area (Å²) in [6, 6.07) is 8.01. The highest BCUT2D eigenvalue weighted by molar-refractivity contribution is 5.86. The van der Waals surface area contributed by atoms with Gasteiger partial charge in [-0.2, -0.15) is 0 Å². The minimum Gasteiger partial charge on any atom is -0.487 e. The van der Waals surface area contributed by atoms with Crippen molar-refractivity contribution < 1.29 is 14.7 Å². The van der Waals surface area contributed by atoms with Crippen LogP contribution in [0.4, 0.5) is 0 Å². The summed E-state index contributed by atoms with van der Waals surface area (Å²) in [4.78, 5) is 10.9. The van der Waals surface area contributed by atoms with Gasteiger partial charge in [0.2, 0.25) is 0 Å². The second kappa shape index (κ2) is 11.0. The van der Waals surface area contributed by atoms with Gasteiger partial charge in [0.25, 0.3) is 5.91 Å². The SMILES string of the molecule is C/C=C\C/C=C(\C)c1ccc(OC(C)/C=C(C)/C=C/C(=O)NO)cc1. The Morgan fingerprint density at radius 2 is 1.92 bits per heavy atom. The third kappa shape index (κ3) is 8.18. The standard InChI is InChI=1S/C21H27NO3/c1-5-6-7-8-17(3)19-10-12-20(13-11-19)25-18(4)15-16(2)9-14-21(23)22-24/h5-6,8-15,18,24H,7H2,1-4H3,(H,22,23)/b6-5-,14-9+,16-15+,17-8+. The molecule has 1 aromatic rings. The third-order valence-corrected chi connectivity index (χ3v) is 3.53. The van der Waals surface area contributed by atoms with Gasteiger partial charge >= 0.3 is 0 Å². The molecule has 4 nitrogen and oxygen atoms in total. The summed E-state index contributed by atoms with van der Waals surface area (Å²) in [6.45, 7) is 7.91. The predicted molar refractivity (Wildman–Crippen MR) is 102 cm³/mol. The Kier molecular flexibility index (Phi) is 9.04. The van der Waals surface area contributed by atoms with Crippen LogP contribution < -0.4 is 10.2 Å². The van der Waals surface area contributed by atoms with Gasteiger partial charge in [-0.05, 0) is 63.5 Å². The molecule has 1 unspecified atom stereocenters. The highest BCUT2D eigenvalue weighted by atomic mass is 16.5. The number of rotatable bonds is 8. The summed E-state index contributed by atoms with van der Waals surface area (Å²) in [6.07, 6.45) is 11.9. The Bertz CT molecular complexity index is 667. The second-order valence-electron chi connectivity index (χ2n) is 5.76. The number of allylic oxidation sites excluding steroid dienone is 6. The lowest BCUT2D eigenvalue weighted by Gasteiger charge is -2.12. The molecule has 0 aliphatic carbocycles. The van der Waals surface area contributed by atoms with Crippen molar-refractivity contribution in [2.24, 2.45) is 0 Å². The van der Waals surface area contributed by atoms with E-state index in [4.69, 9.17) is 9.94 Å². The van der Waals surface area contributed by atoms with E-state index in [1.54, 1.807) is 11.6 Å². The van der Waals surface area contributed by atoms with E-state index in [2.05, 4.69) is 19.1 Å². The zero-order chi connectivity index (χ0) is 18.7. The molecule has 4 heteroatoms. The number of ether oxygens (including phenoxy) is 1. The van der Waals surface area contributed by atoms with Crippen molar-refractivity contribution >= 4 is 11.5 Å². The summed E-state index contributed by atoms with van der Waals surface area (Å²) in [5, 5.41) is 8.44. The summed E-state index contributed by atoms with van der Waals surface area (Å²) in [5.74, 6) is 0.230. The van der Waals surface area contributed by atoms with E-state index in [0.29, 0.717) is 0 Å². The van der Waals surface area contributed by atoms with Crippen molar-refractivity contribution in [1.29, 1.82) is 0 Å². The lowest BCUT2D eigenvalue weighted by atomic mass is 10.1. The molecule has 134 valence electrons. The van der Waals surface area contributed by atoms with Crippen LogP contribution in [0.5, 0.6) is 5.75 Å². The maximum absolute atomic E-state index is 10.9. The van der Waals surface area contributed by atoms with Crippen LogP contribution in [0.1, 0.15) is 39.7 Å². The Labute approximate surface area is 150 Å². The molecule has 25 heavy (non-hydrogen) atoms. The van der Waals surface area contributed by atoms with Crippen molar-refractivity contribution in [3.63, 3.8) is 0 Å². The monoisotopic (exact) mass is 341 g/mol. The van der Waals surface area contributed by atoms with Crippen molar-refractivity contribution in [3.8, 4) is 5.75 Å². The van der Waals surface area contributed by atoms with Gasteiger partial charge in [-0.25, -0.2) is 5.48 Å². The van der Waals surface area contributed by atoms with Gasteiger partial charge in [-0.1, -0.05) is 42.0 Å². The zero-order valence-electron chi connectivity index (χ0n) is 15.3. The van der Waals surface area contributed by atoms with Crippen LogP contribution in [0.2, 0.25) is 0 Å². The first-order valence-electron chi connectivity index (χ1n) is 8.31. The van der Waals surface area contributed by atoms with Crippen LogP contribution in [0, 0.1) is 0 Å². The predicted octanol–water partition coefficient (Wildman–Crippen LogP) is 4.83. The molecule has 0 spiro atoms. The van der Waals surface area contributed by atoms with Gasteiger partial charge in [0.15, 0.2) is 0 Å². The third-order valence-electron chi connectivity index (χ3n) is 3.53. The van der Waals surface area contributed by atoms with Crippen molar-refractivity contribution in [2.75, 3.05) is 0 Å². The topological polar surface area (TPSA) is 58.6 Å². The van der Waals surface area contributed by atoms with Crippen LogP contribution in [-0.2, 0) is 4.79 Å². The van der Waals surface area contributed by atoms with E-state index in [0.717, 1.165) is 17.7 Å². The maximum Gasteiger partial charge on any atom is 0.267 e. The normalized spacial score (nSPS) is 14.1. The molecule has 0 fully saturated rings. The highest BCUT2D eigenvalue weighted by Gasteiger charge is 2.02. The first-order chi connectivity index (χ1) is 12.0. The van der Waals surface area contributed by atoms with E-state index in [1.807, 2.05) is 57.2 Å². The Morgan fingerprint density at radius 3 is 2.52 bits per heavy atom. The van der Waals surface area contributed by atoms with Gasteiger partial charge in [0.1, 0.15) is 11.9 Å². The summed E-state index contributed by atoms with van der Waals surface area (Å²) in [5.41, 5.74) is 4.83. The Hall–Kier alpha value is -2.59. The molecule has 1 amide bonds. The molecule has 0 heterocycles. The van der Waals surface area contributed by atoms with Crippen molar-refractivity contribution in [3.05, 3.63) is 71.9 Å².